The van der Waals surface area contributed by atoms with Crippen molar-refractivity contribution in [2.24, 2.45) is 18.7 Å². The van der Waals surface area contributed by atoms with E-state index in [0.29, 0.717) is 12.3 Å². The van der Waals surface area contributed by atoms with Crippen molar-refractivity contribution >= 4 is 22.7 Å². The SMILES string of the molecule is Cn1cc(CC(=O)N2CCC(C3CC(C(N)=O)NN3)CC2)c2ccccc21. The predicted octanol–water partition coefficient (Wildman–Crippen LogP) is 0.680. The van der Waals surface area contributed by atoms with E-state index in [-0.39, 0.29) is 23.9 Å². The van der Waals surface area contributed by atoms with E-state index >= 15 is 0 Å². The fourth-order valence-electron chi connectivity index (χ4n) is 4.47. The van der Waals surface area contributed by atoms with Crippen molar-refractivity contribution in [3.8, 4) is 0 Å². The smallest absolute Gasteiger partial charge is 0.235 e. The van der Waals surface area contributed by atoms with E-state index in [9.17, 15) is 9.59 Å². The van der Waals surface area contributed by atoms with Crippen LogP contribution in [0.25, 0.3) is 10.9 Å². The summed E-state index contributed by atoms with van der Waals surface area (Å²) in [5.74, 6) is 0.341. The molecule has 27 heavy (non-hydrogen) atoms. The molecule has 2 unspecified atom stereocenters. The van der Waals surface area contributed by atoms with Crippen molar-refractivity contribution in [2.45, 2.75) is 37.8 Å². The molecule has 0 aliphatic carbocycles. The van der Waals surface area contributed by atoms with Crippen LogP contribution < -0.4 is 16.6 Å². The minimum atomic E-state index is -0.312. The molecule has 0 bridgehead atoms. The monoisotopic (exact) mass is 369 g/mol. The topological polar surface area (TPSA) is 92.4 Å². The summed E-state index contributed by atoms with van der Waals surface area (Å²) in [6, 6.07) is 8.16. The summed E-state index contributed by atoms with van der Waals surface area (Å²) in [7, 11) is 2.02. The number of hydrazine groups is 1. The molecule has 2 aliphatic heterocycles. The van der Waals surface area contributed by atoms with Gasteiger partial charge < -0.3 is 15.2 Å². The predicted molar refractivity (Wildman–Crippen MR) is 104 cm³/mol. The molecule has 2 saturated heterocycles. The summed E-state index contributed by atoms with van der Waals surface area (Å²) in [4.78, 5) is 26.1. The van der Waals surface area contributed by atoms with E-state index in [0.717, 1.165) is 48.8 Å². The fourth-order valence-corrected chi connectivity index (χ4v) is 4.47. The Kier molecular flexibility index (Phi) is 4.88. The van der Waals surface area contributed by atoms with Crippen LogP contribution in [0.15, 0.2) is 30.5 Å². The number of aryl methyl sites for hydroxylation is 1. The Hall–Kier alpha value is -2.38. The van der Waals surface area contributed by atoms with E-state index in [1.807, 2.05) is 24.1 Å². The largest absolute Gasteiger partial charge is 0.368 e. The van der Waals surface area contributed by atoms with Crippen LogP contribution >= 0.6 is 0 Å². The van der Waals surface area contributed by atoms with Crippen molar-refractivity contribution in [2.75, 3.05) is 13.1 Å². The molecule has 2 amide bonds. The number of carbonyl (C=O) groups excluding carboxylic acids is 2. The van der Waals surface area contributed by atoms with Gasteiger partial charge >= 0.3 is 0 Å². The van der Waals surface area contributed by atoms with Gasteiger partial charge in [-0.05, 0) is 36.8 Å². The third kappa shape index (κ3) is 3.57. The van der Waals surface area contributed by atoms with Crippen LogP contribution in [0.1, 0.15) is 24.8 Å². The second-order valence-electron chi connectivity index (χ2n) is 7.76. The molecule has 2 aliphatic rings. The van der Waals surface area contributed by atoms with Gasteiger partial charge in [0.1, 0.15) is 6.04 Å². The molecule has 7 nitrogen and oxygen atoms in total. The van der Waals surface area contributed by atoms with Gasteiger partial charge in [0, 0.05) is 43.3 Å². The van der Waals surface area contributed by atoms with Crippen LogP contribution in [0, 0.1) is 5.92 Å². The quantitative estimate of drug-likeness (QED) is 0.739. The number of benzene rings is 1. The molecular formula is C20H27N5O2. The summed E-state index contributed by atoms with van der Waals surface area (Å²) in [5.41, 5.74) is 13.8. The Morgan fingerprint density at radius 3 is 2.63 bits per heavy atom. The molecule has 7 heteroatoms. The normalized spacial score (nSPS) is 23.8. The van der Waals surface area contributed by atoms with E-state index in [1.54, 1.807) is 0 Å². The molecular weight excluding hydrogens is 342 g/mol. The summed E-state index contributed by atoms with van der Waals surface area (Å²) in [5, 5.41) is 1.15. The third-order valence-electron chi connectivity index (χ3n) is 6.06. The first kappa shape index (κ1) is 18.0. The highest BCUT2D eigenvalue weighted by Gasteiger charge is 2.35. The number of nitrogens with two attached hydrogens (primary N) is 1. The number of piperidine rings is 1. The van der Waals surface area contributed by atoms with Crippen LogP contribution in [0.5, 0.6) is 0 Å². The number of nitrogens with zero attached hydrogens (tertiary/aromatic N) is 2. The molecule has 2 atom stereocenters. The Morgan fingerprint density at radius 1 is 1.19 bits per heavy atom. The van der Waals surface area contributed by atoms with Gasteiger partial charge in [-0.1, -0.05) is 18.2 Å². The number of nitrogens with one attached hydrogen (secondary N) is 2. The first-order chi connectivity index (χ1) is 13.0. The lowest BCUT2D eigenvalue weighted by molar-refractivity contribution is -0.132. The standard InChI is InChI=1S/C20H27N5O2/c1-24-12-14(15-4-2-3-5-18(15)24)10-19(26)25-8-6-13(7-9-25)16-11-17(20(21)27)23-22-16/h2-5,12-13,16-17,22-23H,6-11H2,1H3,(H2,21,27). The lowest BCUT2D eigenvalue weighted by Gasteiger charge is -2.34. The third-order valence-corrected chi connectivity index (χ3v) is 6.06. The highest BCUT2D eigenvalue weighted by Crippen LogP contribution is 2.26. The highest BCUT2D eigenvalue weighted by molar-refractivity contribution is 5.89. The van der Waals surface area contributed by atoms with Crippen LogP contribution in [0.4, 0.5) is 0 Å². The zero-order valence-corrected chi connectivity index (χ0v) is 15.6. The van der Waals surface area contributed by atoms with Gasteiger partial charge in [-0.15, -0.1) is 0 Å². The number of para-hydroxylation sites is 1. The molecule has 1 aromatic heterocycles. The van der Waals surface area contributed by atoms with Gasteiger partial charge in [0.2, 0.25) is 11.8 Å². The van der Waals surface area contributed by atoms with Crippen molar-refractivity contribution in [1.29, 1.82) is 0 Å². The molecule has 0 saturated carbocycles. The molecule has 3 heterocycles. The Morgan fingerprint density at radius 2 is 1.93 bits per heavy atom. The maximum Gasteiger partial charge on any atom is 0.235 e. The van der Waals surface area contributed by atoms with E-state index < -0.39 is 0 Å². The van der Waals surface area contributed by atoms with Crippen molar-refractivity contribution in [3.63, 3.8) is 0 Å². The fraction of sp³-hybridized carbons (Fsp3) is 0.500. The van der Waals surface area contributed by atoms with Crippen molar-refractivity contribution < 1.29 is 9.59 Å². The van der Waals surface area contributed by atoms with Crippen LogP contribution in [-0.4, -0.2) is 46.5 Å². The Balaban J connectivity index is 1.34. The first-order valence-corrected chi connectivity index (χ1v) is 9.64. The number of hydrogen-bond donors (Lipinski definition) is 3. The van der Waals surface area contributed by atoms with E-state index in [4.69, 9.17) is 5.73 Å². The van der Waals surface area contributed by atoms with Gasteiger partial charge in [-0.3, -0.25) is 15.0 Å². The average molecular weight is 369 g/mol. The maximum atomic E-state index is 12.8. The molecule has 4 rings (SSSR count). The lowest BCUT2D eigenvalue weighted by Crippen LogP contribution is -2.45. The highest BCUT2D eigenvalue weighted by atomic mass is 16.2. The average Bonchev–Trinajstić information content (AvgIpc) is 3.28. The summed E-state index contributed by atoms with van der Waals surface area (Å²) in [6.45, 7) is 1.54. The molecule has 0 spiro atoms. The van der Waals surface area contributed by atoms with Gasteiger partial charge in [0.15, 0.2) is 0 Å². The number of rotatable bonds is 4. The van der Waals surface area contributed by atoms with E-state index in [1.165, 1.54) is 0 Å². The van der Waals surface area contributed by atoms with Gasteiger partial charge in [-0.25, -0.2) is 5.43 Å². The Bertz CT molecular complexity index is 853. The molecule has 2 aromatic rings. The second kappa shape index (κ2) is 7.32. The van der Waals surface area contributed by atoms with Gasteiger partial charge in [-0.2, -0.15) is 0 Å². The minimum absolute atomic E-state index is 0.192. The van der Waals surface area contributed by atoms with Crippen LogP contribution in [0.3, 0.4) is 0 Å². The number of hydrogen-bond acceptors (Lipinski definition) is 4. The number of primary amides is 1. The van der Waals surface area contributed by atoms with Gasteiger partial charge in [0.25, 0.3) is 0 Å². The number of amides is 2. The number of likely N-dealkylation sites (tertiary alicyclic amines) is 1. The minimum Gasteiger partial charge on any atom is -0.368 e. The molecule has 4 N–H and O–H groups in total. The summed E-state index contributed by atoms with van der Waals surface area (Å²) < 4.78 is 2.08. The summed E-state index contributed by atoms with van der Waals surface area (Å²) >= 11 is 0. The molecule has 2 fully saturated rings. The van der Waals surface area contributed by atoms with Crippen LogP contribution in [0.2, 0.25) is 0 Å². The molecule has 0 radical (unpaired) electrons. The zero-order chi connectivity index (χ0) is 19.0. The Labute approximate surface area is 158 Å². The van der Waals surface area contributed by atoms with Crippen LogP contribution in [-0.2, 0) is 23.1 Å². The lowest BCUT2D eigenvalue weighted by atomic mass is 9.87. The zero-order valence-electron chi connectivity index (χ0n) is 15.6. The maximum absolute atomic E-state index is 12.8. The first-order valence-electron chi connectivity index (χ1n) is 9.64. The van der Waals surface area contributed by atoms with Crippen molar-refractivity contribution in [3.05, 3.63) is 36.0 Å². The second-order valence-corrected chi connectivity index (χ2v) is 7.76. The van der Waals surface area contributed by atoms with Gasteiger partial charge in [0.05, 0.1) is 6.42 Å². The number of carbonyl (C=O) groups is 2. The number of aromatic nitrogens is 1. The van der Waals surface area contributed by atoms with E-state index in [2.05, 4.69) is 33.7 Å². The molecule has 1 aromatic carbocycles. The summed E-state index contributed by atoms with van der Waals surface area (Å²) in [6.07, 6.45) is 5.13. The van der Waals surface area contributed by atoms with Crippen molar-refractivity contribution in [1.82, 2.24) is 20.3 Å². The molecule has 144 valence electrons. The number of fused-ring (bicyclic) bond motifs is 1.